The molecule has 19 heavy (non-hydrogen) atoms. The summed E-state index contributed by atoms with van der Waals surface area (Å²) in [6.45, 7) is 0. The molecule has 2 aromatic rings. The van der Waals surface area contributed by atoms with Gasteiger partial charge in [0.15, 0.2) is 0 Å². The predicted octanol–water partition coefficient (Wildman–Crippen LogP) is 5.29. The van der Waals surface area contributed by atoms with E-state index >= 15 is 0 Å². The van der Waals surface area contributed by atoms with Crippen LogP contribution in [0.2, 0.25) is 0 Å². The third-order valence-corrected chi connectivity index (χ3v) is 6.59. The van der Waals surface area contributed by atoms with Crippen LogP contribution >= 0.6 is 59.1 Å². The van der Waals surface area contributed by atoms with Crippen molar-refractivity contribution in [1.82, 2.24) is 0 Å². The van der Waals surface area contributed by atoms with Gasteiger partial charge in [-0.05, 0) is 68.1 Å². The van der Waals surface area contributed by atoms with Crippen LogP contribution in [0.5, 0.6) is 5.75 Å². The average Bonchev–Trinajstić information content (AvgIpc) is 2.70. The van der Waals surface area contributed by atoms with Gasteiger partial charge < -0.3 is 10.5 Å². The van der Waals surface area contributed by atoms with E-state index in [0.29, 0.717) is 0 Å². The summed E-state index contributed by atoms with van der Waals surface area (Å²) < 4.78 is 8.52. The van der Waals surface area contributed by atoms with E-state index in [1.54, 1.807) is 18.4 Å². The van der Waals surface area contributed by atoms with Crippen molar-refractivity contribution in [2.75, 3.05) is 7.11 Å². The minimum atomic E-state index is -0.0456. The SMILES string of the molecule is COc1ccc(Br)cc1CC(N)c1cc(Br)c(Br)s1. The van der Waals surface area contributed by atoms with Crippen LogP contribution in [0.4, 0.5) is 0 Å². The van der Waals surface area contributed by atoms with Crippen molar-refractivity contribution in [3.8, 4) is 5.75 Å². The molecule has 1 aromatic carbocycles. The lowest BCUT2D eigenvalue weighted by molar-refractivity contribution is 0.408. The highest BCUT2D eigenvalue weighted by Crippen LogP contribution is 2.36. The van der Waals surface area contributed by atoms with Gasteiger partial charge in [-0.1, -0.05) is 15.9 Å². The molecule has 102 valence electrons. The Labute approximate surface area is 141 Å². The molecule has 0 amide bonds. The minimum absolute atomic E-state index is 0.0456. The monoisotopic (exact) mass is 467 g/mol. The highest BCUT2D eigenvalue weighted by Gasteiger charge is 2.15. The summed E-state index contributed by atoms with van der Waals surface area (Å²) in [5.41, 5.74) is 7.38. The highest BCUT2D eigenvalue weighted by atomic mass is 79.9. The standard InChI is InChI=1S/C13H12Br3NOS/c1-18-11-3-2-8(14)4-7(11)5-10(17)12-6-9(15)13(16)19-12/h2-4,6,10H,5,17H2,1H3. The second-order valence-electron chi connectivity index (χ2n) is 4.04. The number of methoxy groups -OCH3 is 1. The molecule has 6 heteroatoms. The summed E-state index contributed by atoms with van der Waals surface area (Å²) in [5.74, 6) is 0.869. The molecule has 2 rings (SSSR count). The van der Waals surface area contributed by atoms with E-state index in [-0.39, 0.29) is 6.04 Å². The Hall–Kier alpha value is 0.120. The van der Waals surface area contributed by atoms with Crippen molar-refractivity contribution in [2.24, 2.45) is 5.73 Å². The fourth-order valence-electron chi connectivity index (χ4n) is 1.79. The number of ether oxygens (including phenoxy) is 1. The van der Waals surface area contributed by atoms with Crippen LogP contribution in [-0.2, 0) is 6.42 Å². The second-order valence-corrected chi connectivity index (χ2v) is 8.21. The summed E-state index contributed by atoms with van der Waals surface area (Å²) in [7, 11) is 1.68. The second kappa shape index (κ2) is 6.72. The van der Waals surface area contributed by atoms with Crippen molar-refractivity contribution < 1.29 is 4.74 Å². The summed E-state index contributed by atoms with van der Waals surface area (Å²) in [6, 6.07) is 7.98. The van der Waals surface area contributed by atoms with Crippen LogP contribution in [-0.4, -0.2) is 7.11 Å². The third-order valence-electron chi connectivity index (χ3n) is 2.71. The Balaban J connectivity index is 2.23. The molecule has 1 atom stereocenters. The number of halogens is 3. The van der Waals surface area contributed by atoms with Gasteiger partial charge in [-0.3, -0.25) is 0 Å². The molecule has 0 saturated heterocycles. The minimum Gasteiger partial charge on any atom is -0.496 e. The van der Waals surface area contributed by atoms with Gasteiger partial charge in [0.2, 0.25) is 0 Å². The maximum Gasteiger partial charge on any atom is 0.122 e. The van der Waals surface area contributed by atoms with E-state index in [1.807, 2.05) is 12.1 Å². The summed E-state index contributed by atoms with van der Waals surface area (Å²) >= 11 is 12.1. The Morgan fingerprint density at radius 3 is 2.58 bits per heavy atom. The van der Waals surface area contributed by atoms with Gasteiger partial charge in [0.25, 0.3) is 0 Å². The zero-order valence-electron chi connectivity index (χ0n) is 10.1. The Kier molecular flexibility index (Phi) is 5.48. The molecule has 0 saturated carbocycles. The first-order valence-electron chi connectivity index (χ1n) is 5.54. The van der Waals surface area contributed by atoms with Gasteiger partial charge in [0, 0.05) is 19.9 Å². The average molecular weight is 470 g/mol. The number of nitrogens with two attached hydrogens (primary N) is 1. The summed E-state index contributed by atoms with van der Waals surface area (Å²) in [4.78, 5) is 1.14. The maximum absolute atomic E-state index is 6.28. The van der Waals surface area contributed by atoms with Crippen LogP contribution in [0.25, 0.3) is 0 Å². The Morgan fingerprint density at radius 2 is 2.00 bits per heavy atom. The Morgan fingerprint density at radius 1 is 1.26 bits per heavy atom. The van der Waals surface area contributed by atoms with Crippen molar-refractivity contribution >= 4 is 59.1 Å². The lowest BCUT2D eigenvalue weighted by Crippen LogP contribution is -2.12. The number of rotatable bonds is 4. The van der Waals surface area contributed by atoms with Gasteiger partial charge in [-0.25, -0.2) is 0 Å². The largest absolute Gasteiger partial charge is 0.496 e. The van der Waals surface area contributed by atoms with Crippen molar-refractivity contribution in [3.63, 3.8) is 0 Å². The van der Waals surface area contributed by atoms with E-state index < -0.39 is 0 Å². The molecule has 1 heterocycles. The van der Waals surface area contributed by atoms with Gasteiger partial charge in [-0.15, -0.1) is 11.3 Å². The molecule has 2 nitrogen and oxygen atoms in total. The fourth-order valence-corrected chi connectivity index (χ4v) is 4.29. The molecular formula is C13H12Br3NOS. The molecule has 0 aliphatic heterocycles. The van der Waals surface area contributed by atoms with Crippen LogP contribution in [0.15, 0.2) is 37.0 Å². The van der Waals surface area contributed by atoms with Crippen LogP contribution < -0.4 is 10.5 Å². The first-order valence-corrected chi connectivity index (χ1v) is 8.73. The first kappa shape index (κ1) is 15.5. The zero-order valence-corrected chi connectivity index (χ0v) is 15.7. The molecule has 0 fully saturated rings. The van der Waals surface area contributed by atoms with Gasteiger partial charge in [0.1, 0.15) is 5.75 Å². The van der Waals surface area contributed by atoms with Crippen LogP contribution in [0.1, 0.15) is 16.5 Å². The third kappa shape index (κ3) is 3.82. The van der Waals surface area contributed by atoms with Crippen LogP contribution in [0.3, 0.4) is 0 Å². The van der Waals surface area contributed by atoms with E-state index in [0.717, 1.165) is 35.3 Å². The molecule has 2 N–H and O–H groups in total. The van der Waals surface area contributed by atoms with E-state index in [1.165, 1.54) is 0 Å². The lowest BCUT2D eigenvalue weighted by atomic mass is 10.0. The molecule has 0 radical (unpaired) electrons. The lowest BCUT2D eigenvalue weighted by Gasteiger charge is -2.13. The van der Waals surface area contributed by atoms with Crippen molar-refractivity contribution in [1.29, 1.82) is 0 Å². The van der Waals surface area contributed by atoms with Crippen LogP contribution in [0, 0.1) is 0 Å². The number of hydrogen-bond acceptors (Lipinski definition) is 3. The zero-order chi connectivity index (χ0) is 14.0. The number of benzene rings is 1. The van der Waals surface area contributed by atoms with E-state index in [4.69, 9.17) is 10.5 Å². The van der Waals surface area contributed by atoms with Crippen molar-refractivity contribution in [2.45, 2.75) is 12.5 Å². The molecule has 0 aliphatic carbocycles. The molecule has 1 aromatic heterocycles. The normalized spacial score (nSPS) is 12.5. The summed E-state index contributed by atoms with van der Waals surface area (Å²) in [5, 5.41) is 0. The molecule has 0 bridgehead atoms. The highest BCUT2D eigenvalue weighted by molar-refractivity contribution is 9.13. The number of thiophene rings is 1. The molecular weight excluding hydrogens is 458 g/mol. The van der Waals surface area contributed by atoms with Gasteiger partial charge in [0.05, 0.1) is 10.9 Å². The molecule has 0 aliphatic rings. The fraction of sp³-hybridized carbons (Fsp3) is 0.231. The molecule has 1 unspecified atom stereocenters. The summed E-state index contributed by atoms with van der Waals surface area (Å²) in [6.07, 6.45) is 0.738. The van der Waals surface area contributed by atoms with Crippen molar-refractivity contribution in [3.05, 3.63) is 47.4 Å². The van der Waals surface area contributed by atoms with Gasteiger partial charge in [-0.2, -0.15) is 0 Å². The predicted molar refractivity (Wildman–Crippen MR) is 91.0 cm³/mol. The van der Waals surface area contributed by atoms with E-state index in [2.05, 4.69) is 59.9 Å². The first-order chi connectivity index (χ1) is 9.01. The quantitative estimate of drug-likeness (QED) is 0.660. The van der Waals surface area contributed by atoms with Gasteiger partial charge >= 0.3 is 0 Å². The van der Waals surface area contributed by atoms with E-state index in [9.17, 15) is 0 Å². The number of hydrogen-bond donors (Lipinski definition) is 1. The topological polar surface area (TPSA) is 35.2 Å². The molecule has 0 spiro atoms. The maximum atomic E-state index is 6.28. The Bertz CT molecular complexity index is 566. The smallest absolute Gasteiger partial charge is 0.122 e.